The molecule has 0 amide bonds. The third-order valence-corrected chi connectivity index (χ3v) is 2.51. The van der Waals surface area contributed by atoms with E-state index in [0.717, 1.165) is 17.1 Å². The second-order valence-electron chi connectivity index (χ2n) is 3.31. The molecular weight excluding hydrogens is 168 g/mol. The van der Waals surface area contributed by atoms with E-state index in [4.69, 9.17) is 14.2 Å². The molecule has 0 bridgehead atoms. The van der Waals surface area contributed by atoms with Gasteiger partial charge in [0.15, 0.2) is 0 Å². The Morgan fingerprint density at radius 3 is 3.23 bits per heavy atom. The zero-order chi connectivity index (χ0) is 8.84. The maximum atomic E-state index is 5.50. The quantitative estimate of drug-likeness (QED) is 0.611. The van der Waals surface area contributed by atoms with Crippen LogP contribution in [0.2, 0.25) is 0 Å². The van der Waals surface area contributed by atoms with Gasteiger partial charge in [-0.15, -0.1) is 0 Å². The lowest BCUT2D eigenvalue weighted by molar-refractivity contribution is 0.267. The number of ether oxygens (including phenoxy) is 3. The molecule has 0 saturated carbocycles. The van der Waals surface area contributed by atoms with Crippen molar-refractivity contribution in [2.75, 3.05) is 13.7 Å². The Balaban J connectivity index is 2.06. The van der Waals surface area contributed by atoms with Crippen LogP contribution in [0.1, 0.15) is 11.7 Å². The lowest BCUT2D eigenvalue weighted by Crippen LogP contribution is -2.11. The molecule has 2 heterocycles. The average molecular weight is 178 g/mol. The van der Waals surface area contributed by atoms with Crippen LogP contribution in [0.25, 0.3) is 0 Å². The zero-order valence-corrected chi connectivity index (χ0v) is 7.32. The van der Waals surface area contributed by atoms with E-state index in [1.54, 1.807) is 7.11 Å². The number of fused-ring (bicyclic) bond motifs is 3. The van der Waals surface area contributed by atoms with Crippen molar-refractivity contribution in [3.8, 4) is 11.5 Å². The monoisotopic (exact) mass is 178 g/mol. The van der Waals surface area contributed by atoms with Gasteiger partial charge in [-0.3, -0.25) is 0 Å². The Bertz CT molecular complexity index is 348. The van der Waals surface area contributed by atoms with Crippen LogP contribution in [0.15, 0.2) is 18.2 Å². The highest BCUT2D eigenvalue weighted by Crippen LogP contribution is 2.47. The van der Waals surface area contributed by atoms with Gasteiger partial charge in [0.25, 0.3) is 0 Å². The summed E-state index contributed by atoms with van der Waals surface area (Å²) in [6.45, 7) is 0.685. The second kappa shape index (κ2) is 2.39. The molecule has 1 aromatic rings. The zero-order valence-electron chi connectivity index (χ0n) is 7.32. The highest BCUT2D eigenvalue weighted by Gasteiger charge is 2.45. The first kappa shape index (κ1) is 7.21. The minimum absolute atomic E-state index is 0.249. The third kappa shape index (κ3) is 1.00. The summed E-state index contributed by atoms with van der Waals surface area (Å²) in [4.78, 5) is 0. The molecule has 2 aliphatic heterocycles. The van der Waals surface area contributed by atoms with Gasteiger partial charge in [0.1, 0.15) is 30.3 Å². The number of benzene rings is 1. The Kier molecular flexibility index (Phi) is 1.32. The van der Waals surface area contributed by atoms with E-state index in [9.17, 15) is 0 Å². The van der Waals surface area contributed by atoms with Gasteiger partial charge in [-0.25, -0.2) is 0 Å². The van der Waals surface area contributed by atoms with Gasteiger partial charge in [-0.2, -0.15) is 0 Å². The molecule has 0 aromatic heterocycles. The first-order valence-corrected chi connectivity index (χ1v) is 4.34. The molecular formula is C10H10O3. The van der Waals surface area contributed by atoms with Gasteiger partial charge in [-0.1, -0.05) is 0 Å². The fourth-order valence-corrected chi connectivity index (χ4v) is 1.72. The standard InChI is InChI=1S/C10H10O3/c1-11-6-2-3-8-7(4-6)10-9(13-10)5-12-8/h2-4,9-10H,5H2,1H3/t9-,10+/m0/s1. The first-order valence-electron chi connectivity index (χ1n) is 4.34. The highest BCUT2D eigenvalue weighted by atomic mass is 16.6. The van der Waals surface area contributed by atoms with Crippen molar-refractivity contribution >= 4 is 0 Å². The topological polar surface area (TPSA) is 31.0 Å². The van der Waals surface area contributed by atoms with Gasteiger partial charge in [-0.05, 0) is 18.2 Å². The van der Waals surface area contributed by atoms with Crippen LogP contribution >= 0.6 is 0 Å². The summed E-state index contributed by atoms with van der Waals surface area (Å²) in [5, 5.41) is 0. The van der Waals surface area contributed by atoms with Crippen LogP contribution in [0.5, 0.6) is 11.5 Å². The molecule has 68 valence electrons. The average Bonchev–Trinajstić information content (AvgIpc) is 2.96. The maximum Gasteiger partial charge on any atom is 0.125 e. The predicted octanol–water partition coefficient (Wildman–Crippen LogP) is 1.53. The Labute approximate surface area is 76.2 Å². The summed E-state index contributed by atoms with van der Waals surface area (Å²) in [5.41, 5.74) is 1.12. The molecule has 3 rings (SSSR count). The number of hydrogen-bond acceptors (Lipinski definition) is 3. The normalized spacial score (nSPS) is 28.4. The van der Waals surface area contributed by atoms with E-state index in [0.29, 0.717) is 6.61 Å². The van der Waals surface area contributed by atoms with E-state index >= 15 is 0 Å². The van der Waals surface area contributed by atoms with Gasteiger partial charge in [0.05, 0.1) is 7.11 Å². The van der Waals surface area contributed by atoms with Crippen molar-refractivity contribution in [1.82, 2.24) is 0 Å². The summed E-state index contributed by atoms with van der Waals surface area (Å²) in [5.74, 6) is 1.79. The van der Waals surface area contributed by atoms with Gasteiger partial charge in [0.2, 0.25) is 0 Å². The van der Waals surface area contributed by atoms with Crippen molar-refractivity contribution < 1.29 is 14.2 Å². The molecule has 3 heteroatoms. The van der Waals surface area contributed by atoms with Crippen LogP contribution in [0.3, 0.4) is 0 Å². The Morgan fingerprint density at radius 2 is 2.38 bits per heavy atom. The van der Waals surface area contributed by atoms with Crippen molar-refractivity contribution in [2.24, 2.45) is 0 Å². The molecule has 1 fully saturated rings. The fourth-order valence-electron chi connectivity index (χ4n) is 1.72. The molecule has 0 spiro atoms. The van der Waals surface area contributed by atoms with Crippen molar-refractivity contribution in [3.63, 3.8) is 0 Å². The molecule has 13 heavy (non-hydrogen) atoms. The summed E-state index contributed by atoms with van der Waals surface area (Å²) < 4.78 is 16.1. The van der Waals surface area contributed by atoms with E-state index < -0.39 is 0 Å². The number of rotatable bonds is 1. The highest BCUT2D eigenvalue weighted by molar-refractivity contribution is 5.45. The second-order valence-corrected chi connectivity index (χ2v) is 3.31. The number of methoxy groups -OCH3 is 1. The number of epoxide rings is 1. The summed E-state index contributed by atoms with van der Waals surface area (Å²) >= 11 is 0. The van der Waals surface area contributed by atoms with Crippen LogP contribution in [0.4, 0.5) is 0 Å². The van der Waals surface area contributed by atoms with Crippen molar-refractivity contribution in [2.45, 2.75) is 12.2 Å². The molecule has 1 saturated heterocycles. The summed E-state index contributed by atoms with van der Waals surface area (Å²) in [7, 11) is 1.66. The maximum absolute atomic E-state index is 5.50. The minimum Gasteiger partial charge on any atom is -0.497 e. The lowest BCUT2D eigenvalue weighted by Gasteiger charge is -2.14. The third-order valence-electron chi connectivity index (χ3n) is 2.51. The van der Waals surface area contributed by atoms with Crippen molar-refractivity contribution in [3.05, 3.63) is 23.8 Å². The van der Waals surface area contributed by atoms with E-state index in [1.165, 1.54) is 0 Å². The van der Waals surface area contributed by atoms with E-state index in [1.807, 2.05) is 18.2 Å². The van der Waals surface area contributed by atoms with Gasteiger partial charge >= 0.3 is 0 Å². The number of hydrogen-bond donors (Lipinski definition) is 0. The molecule has 0 radical (unpaired) electrons. The van der Waals surface area contributed by atoms with E-state index in [2.05, 4.69) is 0 Å². The molecule has 0 unspecified atom stereocenters. The predicted molar refractivity (Wildman–Crippen MR) is 46.1 cm³/mol. The molecule has 0 N–H and O–H groups in total. The summed E-state index contributed by atoms with van der Waals surface area (Å²) in [6.07, 6.45) is 0.526. The summed E-state index contributed by atoms with van der Waals surface area (Å²) in [6, 6.07) is 5.83. The fraction of sp³-hybridized carbons (Fsp3) is 0.400. The minimum atomic E-state index is 0.249. The smallest absolute Gasteiger partial charge is 0.125 e. The van der Waals surface area contributed by atoms with Crippen LogP contribution in [0, 0.1) is 0 Å². The van der Waals surface area contributed by atoms with Crippen LogP contribution in [-0.4, -0.2) is 19.8 Å². The molecule has 0 aliphatic carbocycles. The van der Waals surface area contributed by atoms with E-state index in [-0.39, 0.29) is 12.2 Å². The SMILES string of the molecule is COc1ccc2c(c1)[C@H]1O[C@H]1CO2. The van der Waals surface area contributed by atoms with Crippen molar-refractivity contribution in [1.29, 1.82) is 0 Å². The lowest BCUT2D eigenvalue weighted by atomic mass is 10.1. The molecule has 2 aliphatic rings. The van der Waals surface area contributed by atoms with Gasteiger partial charge in [0, 0.05) is 5.56 Å². The molecule has 2 atom stereocenters. The van der Waals surface area contributed by atoms with Crippen LogP contribution in [-0.2, 0) is 4.74 Å². The first-order chi connectivity index (χ1) is 6.38. The molecule has 1 aromatic carbocycles. The van der Waals surface area contributed by atoms with Crippen LogP contribution < -0.4 is 9.47 Å². The Hall–Kier alpha value is -1.22. The Morgan fingerprint density at radius 1 is 1.46 bits per heavy atom. The van der Waals surface area contributed by atoms with Gasteiger partial charge < -0.3 is 14.2 Å². The largest absolute Gasteiger partial charge is 0.497 e. The molecule has 3 nitrogen and oxygen atoms in total.